The van der Waals surface area contributed by atoms with Gasteiger partial charge in [-0.05, 0) is 17.2 Å². The molecule has 4 nitrogen and oxygen atoms in total. The van der Waals surface area contributed by atoms with Gasteiger partial charge in [0.15, 0.2) is 0 Å². The van der Waals surface area contributed by atoms with Gasteiger partial charge < -0.3 is 10.0 Å². The minimum Gasteiger partial charge on any atom is -0.481 e. The van der Waals surface area contributed by atoms with Crippen LogP contribution in [0.25, 0.3) is 0 Å². The lowest BCUT2D eigenvalue weighted by atomic mass is 10.0. The first kappa shape index (κ1) is 9.71. The predicted octanol–water partition coefficient (Wildman–Crippen LogP) is 0.899. The van der Waals surface area contributed by atoms with Crippen molar-refractivity contribution in [3.05, 3.63) is 34.9 Å². The summed E-state index contributed by atoms with van der Waals surface area (Å²) in [5, 5.41) is 8.64. The zero-order chi connectivity index (χ0) is 11.0. The number of amides is 1. The third kappa shape index (κ3) is 1.70. The molecule has 4 heteroatoms. The molecule has 0 unspecified atom stereocenters. The molecule has 0 spiro atoms. The van der Waals surface area contributed by atoms with E-state index < -0.39 is 5.97 Å². The molecule has 1 amide bonds. The van der Waals surface area contributed by atoms with Crippen molar-refractivity contribution in [3.8, 4) is 0 Å². The van der Waals surface area contributed by atoms with Crippen LogP contribution in [0.2, 0.25) is 0 Å². The number of benzene rings is 1. The maximum absolute atomic E-state index is 11.6. The fraction of sp³-hybridized carbons (Fsp3) is 0.273. The highest BCUT2D eigenvalue weighted by atomic mass is 16.4. The molecule has 0 saturated heterocycles. The van der Waals surface area contributed by atoms with Crippen LogP contribution in [0.15, 0.2) is 18.2 Å². The minimum atomic E-state index is -0.881. The first-order valence-electron chi connectivity index (χ1n) is 4.67. The molecule has 78 valence electrons. The number of hydrogen-bond acceptors (Lipinski definition) is 2. The Morgan fingerprint density at radius 1 is 1.53 bits per heavy atom. The molecular formula is C11H11NO3. The molecule has 1 N–H and O–H groups in total. The largest absolute Gasteiger partial charge is 0.481 e. The standard InChI is InChI=1S/C11H11NO3/c1-12-6-8-3-2-7(5-10(13)14)4-9(8)11(12)15/h2-4H,5-6H2,1H3,(H,13,14). The molecule has 1 aromatic rings. The fourth-order valence-corrected chi connectivity index (χ4v) is 1.78. The van der Waals surface area contributed by atoms with Gasteiger partial charge in [0.1, 0.15) is 0 Å². The Hall–Kier alpha value is -1.84. The van der Waals surface area contributed by atoms with Crippen LogP contribution in [0.1, 0.15) is 21.5 Å². The van der Waals surface area contributed by atoms with E-state index in [4.69, 9.17) is 5.11 Å². The van der Waals surface area contributed by atoms with Crippen molar-refractivity contribution >= 4 is 11.9 Å². The Morgan fingerprint density at radius 2 is 2.27 bits per heavy atom. The van der Waals surface area contributed by atoms with Gasteiger partial charge in [0.25, 0.3) is 5.91 Å². The van der Waals surface area contributed by atoms with Crippen molar-refractivity contribution in [1.82, 2.24) is 4.90 Å². The van der Waals surface area contributed by atoms with Gasteiger partial charge in [-0.2, -0.15) is 0 Å². The van der Waals surface area contributed by atoms with E-state index in [9.17, 15) is 9.59 Å². The van der Waals surface area contributed by atoms with Gasteiger partial charge in [0.05, 0.1) is 6.42 Å². The molecule has 0 bridgehead atoms. The second kappa shape index (κ2) is 3.38. The average Bonchev–Trinajstić information content (AvgIpc) is 2.43. The number of nitrogens with zero attached hydrogens (tertiary/aromatic N) is 1. The topological polar surface area (TPSA) is 57.6 Å². The van der Waals surface area contributed by atoms with E-state index in [-0.39, 0.29) is 12.3 Å². The van der Waals surface area contributed by atoms with E-state index in [0.29, 0.717) is 17.7 Å². The lowest BCUT2D eigenvalue weighted by Crippen LogP contribution is -2.17. The summed E-state index contributed by atoms with van der Waals surface area (Å²) in [7, 11) is 1.74. The van der Waals surface area contributed by atoms with Crippen LogP contribution in [0.3, 0.4) is 0 Å². The average molecular weight is 205 g/mol. The van der Waals surface area contributed by atoms with E-state index in [1.54, 1.807) is 24.1 Å². The Labute approximate surface area is 87.1 Å². The molecule has 15 heavy (non-hydrogen) atoms. The number of hydrogen-bond donors (Lipinski definition) is 1. The predicted molar refractivity (Wildman–Crippen MR) is 53.6 cm³/mol. The van der Waals surface area contributed by atoms with Crippen molar-refractivity contribution in [2.75, 3.05) is 7.05 Å². The summed E-state index contributed by atoms with van der Waals surface area (Å²) in [6.07, 6.45) is -0.0374. The summed E-state index contributed by atoms with van der Waals surface area (Å²) >= 11 is 0. The molecule has 1 aliphatic rings. The zero-order valence-corrected chi connectivity index (χ0v) is 8.36. The van der Waals surface area contributed by atoms with Crippen molar-refractivity contribution in [2.24, 2.45) is 0 Å². The number of fused-ring (bicyclic) bond motifs is 1. The summed E-state index contributed by atoms with van der Waals surface area (Å²) < 4.78 is 0. The summed E-state index contributed by atoms with van der Waals surface area (Å²) in [6, 6.07) is 5.27. The van der Waals surface area contributed by atoms with Gasteiger partial charge in [-0.25, -0.2) is 0 Å². The number of carbonyl (C=O) groups is 2. The first-order valence-corrected chi connectivity index (χ1v) is 4.67. The van der Waals surface area contributed by atoms with E-state index >= 15 is 0 Å². The lowest BCUT2D eigenvalue weighted by Gasteiger charge is -2.04. The van der Waals surface area contributed by atoms with Crippen molar-refractivity contribution < 1.29 is 14.7 Å². The highest BCUT2D eigenvalue weighted by molar-refractivity contribution is 5.98. The number of rotatable bonds is 2. The maximum atomic E-state index is 11.6. The van der Waals surface area contributed by atoms with Crippen LogP contribution in [0, 0.1) is 0 Å². The van der Waals surface area contributed by atoms with Gasteiger partial charge >= 0.3 is 5.97 Å². The Balaban J connectivity index is 2.35. The normalized spacial score (nSPS) is 14.2. The second-order valence-corrected chi connectivity index (χ2v) is 3.72. The second-order valence-electron chi connectivity index (χ2n) is 3.72. The van der Waals surface area contributed by atoms with Gasteiger partial charge in [-0.15, -0.1) is 0 Å². The third-order valence-electron chi connectivity index (χ3n) is 2.51. The molecule has 2 rings (SSSR count). The number of carboxylic acids is 1. The van der Waals surface area contributed by atoms with Crippen molar-refractivity contribution in [1.29, 1.82) is 0 Å². The summed E-state index contributed by atoms with van der Waals surface area (Å²) in [5.41, 5.74) is 2.28. The van der Waals surface area contributed by atoms with E-state index in [2.05, 4.69) is 0 Å². The van der Waals surface area contributed by atoms with E-state index in [0.717, 1.165) is 5.56 Å². The molecule has 0 aromatic heterocycles. The molecule has 0 saturated carbocycles. The highest BCUT2D eigenvalue weighted by Gasteiger charge is 2.24. The fourth-order valence-electron chi connectivity index (χ4n) is 1.78. The van der Waals surface area contributed by atoms with Crippen LogP contribution in [0.4, 0.5) is 0 Å². The van der Waals surface area contributed by atoms with Crippen LogP contribution >= 0.6 is 0 Å². The smallest absolute Gasteiger partial charge is 0.307 e. The molecule has 1 aromatic carbocycles. The van der Waals surface area contributed by atoms with Crippen LogP contribution < -0.4 is 0 Å². The molecule has 1 aliphatic heterocycles. The first-order chi connectivity index (χ1) is 7.08. The molecule has 0 atom stereocenters. The Kier molecular flexibility index (Phi) is 2.19. The molecule has 0 radical (unpaired) electrons. The minimum absolute atomic E-state index is 0.0303. The molecule has 0 fully saturated rings. The third-order valence-corrected chi connectivity index (χ3v) is 2.51. The van der Waals surface area contributed by atoms with Crippen molar-refractivity contribution in [3.63, 3.8) is 0 Å². The number of carboxylic acid groups (broad SMARTS) is 1. The highest BCUT2D eigenvalue weighted by Crippen LogP contribution is 2.22. The lowest BCUT2D eigenvalue weighted by molar-refractivity contribution is -0.136. The van der Waals surface area contributed by atoms with Crippen molar-refractivity contribution in [2.45, 2.75) is 13.0 Å². The van der Waals surface area contributed by atoms with Crippen LogP contribution in [-0.2, 0) is 17.8 Å². The maximum Gasteiger partial charge on any atom is 0.307 e. The van der Waals surface area contributed by atoms with E-state index in [1.165, 1.54) is 0 Å². The Morgan fingerprint density at radius 3 is 2.93 bits per heavy atom. The Bertz CT molecular complexity index is 439. The van der Waals surface area contributed by atoms with Crippen LogP contribution in [-0.4, -0.2) is 28.9 Å². The van der Waals surface area contributed by atoms with Gasteiger partial charge in [0, 0.05) is 19.2 Å². The summed E-state index contributed by atoms with van der Waals surface area (Å²) in [4.78, 5) is 23.8. The van der Waals surface area contributed by atoms with Gasteiger partial charge in [-0.3, -0.25) is 9.59 Å². The monoisotopic (exact) mass is 205 g/mol. The van der Waals surface area contributed by atoms with Gasteiger partial charge in [0.2, 0.25) is 0 Å². The number of carbonyl (C=O) groups excluding carboxylic acids is 1. The van der Waals surface area contributed by atoms with Gasteiger partial charge in [-0.1, -0.05) is 12.1 Å². The molecule has 0 aliphatic carbocycles. The van der Waals surface area contributed by atoms with E-state index in [1.807, 2.05) is 6.07 Å². The molecule has 1 heterocycles. The molecular weight excluding hydrogens is 194 g/mol. The number of aliphatic carboxylic acids is 1. The summed E-state index contributed by atoms with van der Waals surface area (Å²) in [5.74, 6) is -0.911. The van der Waals surface area contributed by atoms with Crippen LogP contribution in [0.5, 0.6) is 0 Å². The summed E-state index contributed by atoms with van der Waals surface area (Å²) in [6.45, 7) is 0.613. The zero-order valence-electron chi connectivity index (χ0n) is 8.36. The quantitative estimate of drug-likeness (QED) is 0.780. The SMILES string of the molecule is CN1Cc2ccc(CC(=O)O)cc2C1=O.